The zero-order chi connectivity index (χ0) is 22.1. The first kappa shape index (κ1) is 23.7. The number of hydrogen-bond donors (Lipinski definition) is 3. The van der Waals surface area contributed by atoms with Crippen molar-refractivity contribution in [3.8, 4) is 5.75 Å². The van der Waals surface area contributed by atoms with Gasteiger partial charge in [0, 0.05) is 20.2 Å². The number of phenols is 1. The van der Waals surface area contributed by atoms with Crippen molar-refractivity contribution >= 4 is 23.9 Å². The van der Waals surface area contributed by atoms with Crippen LogP contribution in [-0.2, 0) is 16.0 Å². The molecular weight excluding hydrogens is 404 g/mol. The van der Waals surface area contributed by atoms with Crippen molar-refractivity contribution < 1.29 is 19.4 Å². The Morgan fingerprint density at radius 1 is 1.30 bits per heavy atom. The number of ether oxygens (including phenoxy) is 1. The van der Waals surface area contributed by atoms with E-state index >= 15 is 0 Å². The minimum atomic E-state index is -0.329. The molecule has 0 radical (unpaired) electrons. The summed E-state index contributed by atoms with van der Waals surface area (Å²) in [5.41, 5.74) is 4.26. The lowest BCUT2D eigenvalue weighted by atomic mass is 9.96. The zero-order valence-electron chi connectivity index (χ0n) is 17.6. The lowest BCUT2D eigenvalue weighted by Crippen LogP contribution is -2.32. The van der Waals surface area contributed by atoms with E-state index in [1.54, 1.807) is 13.1 Å². The highest BCUT2D eigenvalue weighted by Gasteiger charge is 2.21. The van der Waals surface area contributed by atoms with Crippen LogP contribution in [0.25, 0.3) is 0 Å². The second kappa shape index (κ2) is 11.6. The third kappa shape index (κ3) is 6.47. The number of benzene rings is 2. The monoisotopic (exact) mass is 432 g/mol. The van der Waals surface area contributed by atoms with Gasteiger partial charge in [0.1, 0.15) is 5.75 Å². The number of amides is 2. The smallest absolute Gasteiger partial charge is 0.255 e. The Labute approximate surface area is 182 Å². The molecule has 0 aliphatic carbocycles. The van der Waals surface area contributed by atoms with Gasteiger partial charge in [-0.05, 0) is 55.9 Å². The first-order valence-electron chi connectivity index (χ1n) is 9.94. The van der Waals surface area contributed by atoms with E-state index in [9.17, 15) is 9.90 Å². The number of carbonyl (C=O) groups excluding carboxylic acids is 2. The van der Waals surface area contributed by atoms with Gasteiger partial charge in [-0.2, -0.15) is 0 Å². The minimum Gasteiger partial charge on any atom is -0.506 e. The number of hydrogen-bond acceptors (Lipinski definition) is 4. The molecule has 0 saturated carbocycles. The number of aromatic hydroxyl groups is 1. The van der Waals surface area contributed by atoms with Crippen molar-refractivity contribution in [3.63, 3.8) is 0 Å². The second-order valence-electron chi connectivity index (χ2n) is 7.28. The van der Waals surface area contributed by atoms with Crippen LogP contribution in [0.3, 0.4) is 0 Å². The Balaban J connectivity index is 0.000000735. The van der Waals surface area contributed by atoms with Crippen LogP contribution < -0.4 is 10.6 Å². The van der Waals surface area contributed by atoms with Crippen molar-refractivity contribution in [1.29, 1.82) is 0 Å². The maximum atomic E-state index is 12.5. The van der Waals surface area contributed by atoms with Gasteiger partial charge < -0.3 is 20.5 Å². The Hall–Kier alpha value is -2.57. The van der Waals surface area contributed by atoms with E-state index in [2.05, 4.69) is 34.9 Å². The average Bonchev–Trinajstić information content (AvgIpc) is 3.27. The summed E-state index contributed by atoms with van der Waals surface area (Å²) in [6, 6.07) is 9.98. The SMILES string of the molecule is CNC=O.Cc1ccc(Cc2cc(C(=O)NCC3CCCO3)c(O)c(Cl)c2C)cc1. The molecule has 3 N–H and O–H groups in total. The zero-order valence-corrected chi connectivity index (χ0v) is 18.4. The van der Waals surface area contributed by atoms with Gasteiger partial charge in [0.15, 0.2) is 0 Å². The fraction of sp³-hybridized carbons (Fsp3) is 0.391. The van der Waals surface area contributed by atoms with E-state index in [1.807, 2.05) is 13.8 Å². The standard InChI is InChI=1S/C21H24ClNO3.C2H5NO/c1-13-5-7-15(8-6-13)10-16-11-18(20(24)19(22)14(16)2)21(25)23-12-17-4-3-9-26-17;1-3-2-4/h5-8,11,17,24H,3-4,9-10,12H2,1-2H3,(H,23,25);2H,1H3,(H,3,4). The molecule has 0 spiro atoms. The predicted molar refractivity (Wildman–Crippen MR) is 118 cm³/mol. The van der Waals surface area contributed by atoms with Crippen LogP contribution >= 0.6 is 11.6 Å². The number of rotatable bonds is 6. The third-order valence-corrected chi connectivity index (χ3v) is 5.45. The van der Waals surface area contributed by atoms with Gasteiger partial charge in [-0.1, -0.05) is 41.4 Å². The summed E-state index contributed by atoms with van der Waals surface area (Å²) in [6.45, 7) is 5.09. The molecule has 0 bridgehead atoms. The molecule has 30 heavy (non-hydrogen) atoms. The summed E-state index contributed by atoms with van der Waals surface area (Å²) in [5.74, 6) is -0.494. The summed E-state index contributed by atoms with van der Waals surface area (Å²) in [7, 11) is 1.56. The van der Waals surface area contributed by atoms with Gasteiger partial charge in [0.05, 0.1) is 16.7 Å². The molecule has 162 valence electrons. The summed E-state index contributed by atoms with van der Waals surface area (Å²) in [4.78, 5) is 21.6. The van der Waals surface area contributed by atoms with Gasteiger partial charge in [0.2, 0.25) is 6.41 Å². The normalized spacial score (nSPS) is 15.1. The molecule has 3 rings (SSSR count). The number of carbonyl (C=O) groups is 2. The molecule has 6 nitrogen and oxygen atoms in total. The summed E-state index contributed by atoms with van der Waals surface area (Å²) in [5, 5.41) is 15.7. The number of phenolic OH excluding ortho intramolecular Hbond substituents is 1. The molecular formula is C23H29ClN2O4. The lowest BCUT2D eigenvalue weighted by Gasteiger charge is -2.15. The van der Waals surface area contributed by atoms with Crippen LogP contribution in [0.2, 0.25) is 5.02 Å². The van der Waals surface area contributed by atoms with Crippen molar-refractivity contribution in [1.82, 2.24) is 10.6 Å². The fourth-order valence-electron chi connectivity index (χ4n) is 3.18. The fourth-order valence-corrected chi connectivity index (χ4v) is 3.40. The molecule has 1 heterocycles. The number of halogens is 1. The largest absolute Gasteiger partial charge is 0.506 e. The molecule has 1 fully saturated rings. The summed E-state index contributed by atoms with van der Waals surface area (Å²) < 4.78 is 5.52. The van der Waals surface area contributed by atoms with Crippen LogP contribution in [0.5, 0.6) is 5.75 Å². The van der Waals surface area contributed by atoms with E-state index in [1.165, 1.54) is 5.56 Å². The van der Waals surface area contributed by atoms with E-state index in [-0.39, 0.29) is 28.3 Å². The van der Waals surface area contributed by atoms with Gasteiger partial charge in [-0.15, -0.1) is 0 Å². The Morgan fingerprint density at radius 3 is 2.53 bits per heavy atom. The number of nitrogens with one attached hydrogen (secondary N) is 2. The van der Waals surface area contributed by atoms with Gasteiger partial charge in [-0.25, -0.2) is 0 Å². The molecule has 1 atom stereocenters. The average molecular weight is 433 g/mol. The van der Waals surface area contributed by atoms with E-state index in [0.29, 0.717) is 19.4 Å². The molecule has 1 aliphatic rings. The van der Waals surface area contributed by atoms with Gasteiger partial charge >= 0.3 is 0 Å². The van der Waals surface area contributed by atoms with E-state index < -0.39 is 0 Å². The maximum absolute atomic E-state index is 12.5. The van der Waals surface area contributed by atoms with Gasteiger partial charge in [-0.3, -0.25) is 9.59 Å². The third-order valence-electron chi connectivity index (χ3n) is 4.98. The highest BCUT2D eigenvalue weighted by atomic mass is 35.5. The predicted octanol–water partition coefficient (Wildman–Crippen LogP) is 3.52. The minimum absolute atomic E-state index is 0.0500. The van der Waals surface area contributed by atoms with Crippen LogP contribution in [0, 0.1) is 13.8 Å². The maximum Gasteiger partial charge on any atom is 0.255 e. The first-order chi connectivity index (χ1) is 14.4. The molecule has 7 heteroatoms. The molecule has 2 aromatic rings. The highest BCUT2D eigenvalue weighted by molar-refractivity contribution is 6.33. The molecule has 2 amide bonds. The van der Waals surface area contributed by atoms with Gasteiger partial charge in [0.25, 0.3) is 5.91 Å². The van der Waals surface area contributed by atoms with Crippen molar-refractivity contribution in [2.24, 2.45) is 0 Å². The van der Waals surface area contributed by atoms with Crippen molar-refractivity contribution in [2.45, 2.75) is 39.2 Å². The van der Waals surface area contributed by atoms with Crippen LogP contribution in [-0.4, -0.2) is 43.7 Å². The number of aryl methyl sites for hydroxylation is 1. The topological polar surface area (TPSA) is 87.7 Å². The van der Waals surface area contributed by atoms with Crippen LogP contribution in [0.1, 0.15) is 45.5 Å². The Kier molecular flexibility index (Phi) is 9.15. The first-order valence-corrected chi connectivity index (χ1v) is 10.3. The van der Waals surface area contributed by atoms with Crippen molar-refractivity contribution in [2.75, 3.05) is 20.2 Å². The van der Waals surface area contributed by atoms with E-state index in [0.717, 1.165) is 36.1 Å². The Morgan fingerprint density at radius 2 is 1.97 bits per heavy atom. The molecule has 1 unspecified atom stereocenters. The highest BCUT2D eigenvalue weighted by Crippen LogP contribution is 2.34. The Bertz CT molecular complexity index is 862. The van der Waals surface area contributed by atoms with Crippen LogP contribution in [0.15, 0.2) is 30.3 Å². The molecule has 1 aliphatic heterocycles. The summed E-state index contributed by atoms with van der Waals surface area (Å²) in [6.07, 6.45) is 3.29. The van der Waals surface area contributed by atoms with Crippen LogP contribution in [0.4, 0.5) is 0 Å². The summed E-state index contributed by atoms with van der Waals surface area (Å²) >= 11 is 6.30. The molecule has 2 aromatic carbocycles. The molecule has 0 aromatic heterocycles. The quantitative estimate of drug-likeness (QED) is 0.609. The van der Waals surface area contributed by atoms with Crippen molar-refractivity contribution in [3.05, 3.63) is 63.2 Å². The second-order valence-corrected chi connectivity index (χ2v) is 7.66. The van der Waals surface area contributed by atoms with E-state index in [4.69, 9.17) is 21.1 Å². The molecule has 1 saturated heterocycles. The lowest BCUT2D eigenvalue weighted by molar-refractivity contribution is -0.109.